The van der Waals surface area contributed by atoms with Gasteiger partial charge < -0.3 is 20.1 Å². The highest BCUT2D eigenvalue weighted by Crippen LogP contribution is 2.36. The van der Waals surface area contributed by atoms with E-state index in [0.717, 1.165) is 11.8 Å². The zero-order valence-corrected chi connectivity index (χ0v) is 21.3. The lowest BCUT2D eigenvalue weighted by atomic mass is 10.2. The minimum atomic E-state index is -0.434. The lowest BCUT2D eigenvalue weighted by molar-refractivity contribution is -0.118. The summed E-state index contributed by atoms with van der Waals surface area (Å²) in [5.41, 5.74) is 1.30. The molecule has 11 heteroatoms. The van der Waals surface area contributed by atoms with Crippen molar-refractivity contribution in [2.75, 3.05) is 18.5 Å². The van der Waals surface area contributed by atoms with E-state index in [0.29, 0.717) is 42.9 Å². The van der Waals surface area contributed by atoms with E-state index in [1.807, 2.05) is 6.92 Å². The predicted octanol–water partition coefficient (Wildman–Crippen LogP) is 4.47. The van der Waals surface area contributed by atoms with Crippen molar-refractivity contribution in [2.24, 2.45) is 4.99 Å². The number of halogens is 2. The normalized spacial score (nSPS) is 14.1. The molecule has 1 aliphatic rings. The predicted molar refractivity (Wildman–Crippen MR) is 138 cm³/mol. The second-order valence-corrected chi connectivity index (χ2v) is 9.25. The SMILES string of the molecule is CCOc1cc(/C=C2\SC(NC(C)=O)=NC2=O)cc(I)c1OCC(=O)Nc1ccc(Cl)cc1. The van der Waals surface area contributed by atoms with Crippen LogP contribution < -0.4 is 20.1 Å². The number of hydrogen-bond donors (Lipinski definition) is 2. The zero-order chi connectivity index (χ0) is 24.0. The molecule has 0 saturated carbocycles. The summed E-state index contributed by atoms with van der Waals surface area (Å²) in [7, 11) is 0. The van der Waals surface area contributed by atoms with Gasteiger partial charge in [-0.15, -0.1) is 0 Å². The van der Waals surface area contributed by atoms with Crippen LogP contribution in [0.5, 0.6) is 11.5 Å². The van der Waals surface area contributed by atoms with Gasteiger partial charge in [-0.25, -0.2) is 0 Å². The maximum absolute atomic E-state index is 12.3. The quantitative estimate of drug-likeness (QED) is 0.360. The van der Waals surface area contributed by atoms with Crippen LogP contribution in [0, 0.1) is 3.57 Å². The average molecular weight is 600 g/mol. The second kappa shape index (κ2) is 11.5. The summed E-state index contributed by atoms with van der Waals surface area (Å²) < 4.78 is 12.2. The van der Waals surface area contributed by atoms with E-state index in [2.05, 4.69) is 38.2 Å². The molecule has 2 N–H and O–H groups in total. The Hall–Kier alpha value is -2.57. The molecule has 0 spiro atoms. The van der Waals surface area contributed by atoms with Crippen LogP contribution >= 0.6 is 46.0 Å². The number of rotatable bonds is 7. The molecule has 2 aromatic carbocycles. The number of amides is 3. The first-order valence-corrected chi connectivity index (χ1v) is 12.0. The third-order valence-corrected chi connectivity index (χ3v) is 5.96. The van der Waals surface area contributed by atoms with Gasteiger partial charge >= 0.3 is 0 Å². The molecule has 3 rings (SSSR count). The van der Waals surface area contributed by atoms with Gasteiger partial charge in [0.2, 0.25) is 5.91 Å². The van der Waals surface area contributed by atoms with Crippen molar-refractivity contribution in [1.82, 2.24) is 5.32 Å². The van der Waals surface area contributed by atoms with Crippen LogP contribution in [0.15, 0.2) is 46.3 Å². The number of hydrogen-bond acceptors (Lipinski definition) is 6. The largest absolute Gasteiger partial charge is 0.490 e. The smallest absolute Gasteiger partial charge is 0.286 e. The van der Waals surface area contributed by atoms with E-state index in [-0.39, 0.29) is 23.6 Å². The molecule has 33 heavy (non-hydrogen) atoms. The van der Waals surface area contributed by atoms with Crippen LogP contribution in [-0.2, 0) is 14.4 Å². The van der Waals surface area contributed by atoms with E-state index in [1.54, 1.807) is 42.5 Å². The fraction of sp³-hybridized carbons (Fsp3) is 0.182. The van der Waals surface area contributed by atoms with Gasteiger partial charge in [-0.05, 0) is 89.3 Å². The second-order valence-electron chi connectivity index (χ2n) is 6.62. The van der Waals surface area contributed by atoms with Crippen LogP contribution in [0.25, 0.3) is 6.08 Å². The summed E-state index contributed by atoms with van der Waals surface area (Å²) >= 11 is 9.02. The summed E-state index contributed by atoms with van der Waals surface area (Å²) in [5.74, 6) is -0.209. The molecule has 8 nitrogen and oxygen atoms in total. The fourth-order valence-corrected chi connectivity index (χ4v) is 4.47. The first kappa shape index (κ1) is 25.1. The maximum Gasteiger partial charge on any atom is 0.286 e. The number of carbonyl (C=O) groups excluding carboxylic acids is 3. The van der Waals surface area contributed by atoms with Crippen LogP contribution in [0.2, 0.25) is 5.02 Å². The fourth-order valence-electron chi connectivity index (χ4n) is 2.71. The standard InChI is InChI=1S/C22H19ClIN3O5S/c1-3-31-17-9-13(10-18-21(30)27-22(33-18)25-12(2)28)8-16(24)20(17)32-11-19(29)26-15-6-4-14(23)5-7-15/h4-10H,3,11H2,1-2H3,(H,26,29)(H,25,27,28,30)/b18-10-. The number of aliphatic imine (C=N–C) groups is 1. The number of ether oxygens (including phenoxy) is 2. The molecule has 0 atom stereocenters. The maximum atomic E-state index is 12.3. The van der Waals surface area contributed by atoms with Crippen molar-refractivity contribution < 1.29 is 23.9 Å². The van der Waals surface area contributed by atoms with Crippen molar-refractivity contribution in [1.29, 1.82) is 0 Å². The van der Waals surface area contributed by atoms with Crippen molar-refractivity contribution >= 4 is 80.6 Å². The number of nitrogens with zero attached hydrogens (tertiary/aromatic N) is 1. The summed E-state index contributed by atoms with van der Waals surface area (Å²) in [6, 6.07) is 10.3. The molecule has 2 aromatic rings. The number of anilines is 1. The van der Waals surface area contributed by atoms with Gasteiger partial charge in [0, 0.05) is 17.6 Å². The summed E-state index contributed by atoms with van der Waals surface area (Å²) in [4.78, 5) is 39.8. The van der Waals surface area contributed by atoms with Crippen molar-refractivity contribution in [3.05, 3.63) is 55.5 Å². The van der Waals surface area contributed by atoms with Crippen LogP contribution in [0.1, 0.15) is 19.4 Å². The molecule has 3 amide bonds. The number of nitrogens with one attached hydrogen (secondary N) is 2. The molecule has 1 heterocycles. The van der Waals surface area contributed by atoms with Crippen LogP contribution in [0.4, 0.5) is 5.69 Å². The van der Waals surface area contributed by atoms with E-state index < -0.39 is 5.91 Å². The minimum Gasteiger partial charge on any atom is -0.490 e. The Morgan fingerprint density at radius 3 is 2.58 bits per heavy atom. The molecule has 0 radical (unpaired) electrons. The highest BCUT2D eigenvalue weighted by molar-refractivity contribution is 14.1. The van der Waals surface area contributed by atoms with E-state index in [4.69, 9.17) is 21.1 Å². The molecule has 0 unspecified atom stereocenters. The molecular weight excluding hydrogens is 581 g/mol. The van der Waals surface area contributed by atoms with Gasteiger partial charge in [0.05, 0.1) is 15.1 Å². The third-order valence-electron chi connectivity index (χ3n) is 4.01. The van der Waals surface area contributed by atoms with E-state index in [1.165, 1.54) is 6.92 Å². The van der Waals surface area contributed by atoms with Gasteiger partial charge in [0.25, 0.3) is 11.8 Å². The monoisotopic (exact) mass is 599 g/mol. The van der Waals surface area contributed by atoms with Crippen molar-refractivity contribution in [3.8, 4) is 11.5 Å². The van der Waals surface area contributed by atoms with Crippen molar-refractivity contribution in [2.45, 2.75) is 13.8 Å². The molecule has 0 bridgehead atoms. The average Bonchev–Trinajstić information content (AvgIpc) is 3.07. The summed E-state index contributed by atoms with van der Waals surface area (Å²) in [5, 5.41) is 6.06. The number of benzene rings is 2. The van der Waals surface area contributed by atoms with Crippen LogP contribution in [-0.4, -0.2) is 36.1 Å². The molecule has 0 fully saturated rings. The highest BCUT2D eigenvalue weighted by atomic mass is 127. The summed E-state index contributed by atoms with van der Waals surface area (Å²) in [6.07, 6.45) is 1.66. The third kappa shape index (κ3) is 7.21. The highest BCUT2D eigenvalue weighted by Gasteiger charge is 2.23. The minimum absolute atomic E-state index is 0.221. The molecule has 1 aliphatic heterocycles. The Morgan fingerprint density at radius 1 is 1.18 bits per heavy atom. The first-order chi connectivity index (χ1) is 15.7. The molecule has 0 saturated heterocycles. The van der Waals surface area contributed by atoms with Gasteiger partial charge in [-0.2, -0.15) is 4.99 Å². The van der Waals surface area contributed by atoms with Gasteiger partial charge in [0.1, 0.15) is 0 Å². The Kier molecular flexibility index (Phi) is 8.75. The first-order valence-electron chi connectivity index (χ1n) is 9.70. The Bertz CT molecular complexity index is 1150. The summed E-state index contributed by atoms with van der Waals surface area (Å²) in [6.45, 7) is 3.34. The zero-order valence-electron chi connectivity index (χ0n) is 17.6. The van der Waals surface area contributed by atoms with Crippen LogP contribution in [0.3, 0.4) is 0 Å². The Labute approximate surface area is 213 Å². The van der Waals surface area contributed by atoms with Gasteiger partial charge in [-0.3, -0.25) is 14.4 Å². The lowest BCUT2D eigenvalue weighted by Gasteiger charge is -2.15. The topological polar surface area (TPSA) is 106 Å². The molecule has 0 aliphatic carbocycles. The molecule has 172 valence electrons. The number of amidine groups is 1. The Balaban J connectivity index is 1.73. The van der Waals surface area contributed by atoms with Gasteiger partial charge in [0.15, 0.2) is 23.3 Å². The number of carbonyl (C=O) groups is 3. The lowest BCUT2D eigenvalue weighted by Crippen LogP contribution is -2.23. The molecular formula is C22H19ClIN3O5S. The number of thioether (sulfide) groups is 1. The Morgan fingerprint density at radius 2 is 1.91 bits per heavy atom. The van der Waals surface area contributed by atoms with Crippen molar-refractivity contribution in [3.63, 3.8) is 0 Å². The molecule has 0 aromatic heterocycles. The van der Waals surface area contributed by atoms with E-state index >= 15 is 0 Å². The van der Waals surface area contributed by atoms with Gasteiger partial charge in [-0.1, -0.05) is 11.6 Å². The van der Waals surface area contributed by atoms with E-state index in [9.17, 15) is 14.4 Å².